The molecule has 2 aliphatic carbocycles. The normalized spacial score (nSPS) is 27.1. The Morgan fingerprint density at radius 2 is 1.70 bits per heavy atom. The zero-order valence-corrected chi connectivity index (χ0v) is 15.7. The van der Waals surface area contributed by atoms with Crippen LogP contribution in [0.1, 0.15) is 85.2 Å². The largest absolute Gasteiger partial charge is 0.416 e. The van der Waals surface area contributed by atoms with E-state index in [1.165, 1.54) is 31.4 Å². The van der Waals surface area contributed by atoms with Crippen LogP contribution in [0.5, 0.6) is 0 Å². The lowest BCUT2D eigenvalue weighted by Gasteiger charge is -2.38. The van der Waals surface area contributed by atoms with E-state index in [4.69, 9.17) is 0 Å². The van der Waals surface area contributed by atoms with Gasteiger partial charge in [0, 0.05) is 18.0 Å². The van der Waals surface area contributed by atoms with E-state index in [-0.39, 0.29) is 11.7 Å². The highest BCUT2D eigenvalue weighted by Crippen LogP contribution is 2.44. The Morgan fingerprint density at radius 1 is 1.00 bits per heavy atom. The van der Waals surface area contributed by atoms with Crippen LogP contribution < -0.4 is 0 Å². The molecule has 4 rings (SSSR count). The van der Waals surface area contributed by atoms with Gasteiger partial charge in [0.2, 0.25) is 0 Å². The SMILES string of the molecule is O=C(C[C@@H]1CCCC[C@@H]1N1CCCC1)c1ccc(C(F)(F)F)cc1C1CC1. The molecule has 1 aliphatic heterocycles. The van der Waals surface area contributed by atoms with Crippen molar-refractivity contribution in [1.82, 2.24) is 4.90 Å². The van der Waals surface area contributed by atoms with E-state index >= 15 is 0 Å². The van der Waals surface area contributed by atoms with Gasteiger partial charge in [0.15, 0.2) is 5.78 Å². The number of nitrogens with zero attached hydrogens (tertiary/aromatic N) is 1. The molecule has 2 nitrogen and oxygen atoms in total. The quantitative estimate of drug-likeness (QED) is 0.602. The van der Waals surface area contributed by atoms with Crippen LogP contribution in [-0.4, -0.2) is 29.8 Å². The molecule has 3 aliphatic rings. The minimum absolute atomic E-state index is 0.0433. The molecule has 2 atom stereocenters. The number of hydrogen-bond acceptors (Lipinski definition) is 2. The number of rotatable bonds is 5. The molecular weight excluding hydrogens is 351 g/mol. The Balaban J connectivity index is 1.53. The summed E-state index contributed by atoms with van der Waals surface area (Å²) in [5, 5.41) is 0. The molecule has 0 N–H and O–H groups in total. The first-order valence-electron chi connectivity index (χ1n) is 10.4. The number of hydrogen-bond donors (Lipinski definition) is 0. The zero-order valence-electron chi connectivity index (χ0n) is 15.7. The van der Waals surface area contributed by atoms with Crippen molar-refractivity contribution in [2.24, 2.45) is 5.92 Å². The van der Waals surface area contributed by atoms with Crippen molar-refractivity contribution in [1.29, 1.82) is 0 Å². The van der Waals surface area contributed by atoms with E-state index in [2.05, 4.69) is 4.90 Å². The van der Waals surface area contributed by atoms with E-state index < -0.39 is 11.7 Å². The van der Waals surface area contributed by atoms with Crippen molar-refractivity contribution >= 4 is 5.78 Å². The molecule has 2 saturated carbocycles. The van der Waals surface area contributed by atoms with Crippen LogP contribution in [0.2, 0.25) is 0 Å². The summed E-state index contributed by atoms with van der Waals surface area (Å²) in [5.41, 5.74) is 0.535. The molecule has 0 bridgehead atoms. The van der Waals surface area contributed by atoms with E-state index in [1.54, 1.807) is 0 Å². The second-order valence-corrected chi connectivity index (χ2v) is 8.56. The van der Waals surface area contributed by atoms with Gasteiger partial charge in [-0.05, 0) is 81.1 Å². The fourth-order valence-corrected chi connectivity index (χ4v) is 5.05. The molecule has 5 heteroatoms. The molecule has 0 spiro atoms. The molecule has 0 unspecified atom stereocenters. The summed E-state index contributed by atoms with van der Waals surface area (Å²) in [7, 11) is 0. The van der Waals surface area contributed by atoms with Gasteiger partial charge in [-0.15, -0.1) is 0 Å². The summed E-state index contributed by atoms with van der Waals surface area (Å²) in [6.07, 6.45) is 4.98. The first-order chi connectivity index (χ1) is 12.9. The second-order valence-electron chi connectivity index (χ2n) is 8.56. The molecule has 148 valence electrons. The van der Waals surface area contributed by atoms with Gasteiger partial charge in [-0.2, -0.15) is 13.2 Å². The highest BCUT2D eigenvalue weighted by molar-refractivity contribution is 5.98. The van der Waals surface area contributed by atoms with Gasteiger partial charge in [-0.3, -0.25) is 4.79 Å². The number of Topliss-reactive ketones (excluding diaryl/α,β-unsaturated/α-hetero) is 1. The minimum Gasteiger partial charge on any atom is -0.300 e. The highest BCUT2D eigenvalue weighted by atomic mass is 19.4. The third-order valence-electron chi connectivity index (χ3n) is 6.62. The number of carbonyl (C=O) groups excluding carboxylic acids is 1. The van der Waals surface area contributed by atoms with Gasteiger partial charge in [0.25, 0.3) is 0 Å². The lowest BCUT2D eigenvalue weighted by molar-refractivity contribution is -0.137. The maximum absolute atomic E-state index is 13.1. The number of ketones is 1. The van der Waals surface area contributed by atoms with Crippen molar-refractivity contribution in [2.45, 2.75) is 75.9 Å². The summed E-state index contributed by atoms with van der Waals surface area (Å²) in [6, 6.07) is 4.22. The number of carbonyl (C=O) groups is 1. The van der Waals surface area contributed by atoms with Gasteiger partial charge >= 0.3 is 6.18 Å². The van der Waals surface area contributed by atoms with Gasteiger partial charge in [-0.25, -0.2) is 0 Å². The van der Waals surface area contributed by atoms with Crippen LogP contribution in [0.25, 0.3) is 0 Å². The molecule has 0 radical (unpaired) electrons. The highest BCUT2D eigenvalue weighted by Gasteiger charge is 2.37. The lowest BCUT2D eigenvalue weighted by Crippen LogP contribution is -2.41. The fraction of sp³-hybridized carbons (Fsp3) is 0.682. The number of halogens is 3. The third kappa shape index (κ3) is 4.23. The van der Waals surface area contributed by atoms with Crippen LogP contribution in [0, 0.1) is 5.92 Å². The number of alkyl halides is 3. The predicted octanol–water partition coefficient (Wildman–Crippen LogP) is 5.81. The average molecular weight is 379 g/mol. The molecular formula is C22H28F3NO. The van der Waals surface area contributed by atoms with E-state index in [1.807, 2.05) is 0 Å². The molecule has 3 fully saturated rings. The Bertz CT molecular complexity index is 689. The first kappa shape index (κ1) is 19.0. The van der Waals surface area contributed by atoms with Gasteiger partial charge in [0.05, 0.1) is 5.56 Å². The molecule has 0 aromatic heterocycles. The lowest BCUT2D eigenvalue weighted by atomic mass is 9.79. The van der Waals surface area contributed by atoms with Crippen molar-refractivity contribution in [2.75, 3.05) is 13.1 Å². The zero-order chi connectivity index (χ0) is 19.0. The molecule has 1 aromatic rings. The third-order valence-corrected chi connectivity index (χ3v) is 6.62. The summed E-state index contributed by atoms with van der Waals surface area (Å²) in [6.45, 7) is 2.26. The van der Waals surface area contributed by atoms with E-state index in [0.29, 0.717) is 29.5 Å². The van der Waals surface area contributed by atoms with Crippen LogP contribution in [0.4, 0.5) is 13.2 Å². The minimum atomic E-state index is -4.35. The molecule has 27 heavy (non-hydrogen) atoms. The Labute approximate surface area is 159 Å². The maximum Gasteiger partial charge on any atom is 0.416 e. The van der Waals surface area contributed by atoms with Crippen LogP contribution >= 0.6 is 0 Å². The van der Waals surface area contributed by atoms with Gasteiger partial charge < -0.3 is 4.90 Å². The van der Waals surface area contributed by atoms with Crippen LogP contribution in [-0.2, 0) is 6.18 Å². The maximum atomic E-state index is 13.1. The Morgan fingerprint density at radius 3 is 2.37 bits per heavy atom. The monoisotopic (exact) mass is 379 g/mol. The second kappa shape index (κ2) is 7.57. The molecule has 1 aromatic carbocycles. The number of likely N-dealkylation sites (tertiary alicyclic amines) is 1. The smallest absolute Gasteiger partial charge is 0.300 e. The molecule has 1 heterocycles. The van der Waals surface area contributed by atoms with E-state index in [9.17, 15) is 18.0 Å². The fourth-order valence-electron chi connectivity index (χ4n) is 5.05. The van der Waals surface area contributed by atoms with Crippen molar-refractivity contribution in [3.05, 3.63) is 34.9 Å². The summed E-state index contributed by atoms with van der Waals surface area (Å²) >= 11 is 0. The summed E-state index contributed by atoms with van der Waals surface area (Å²) < 4.78 is 39.3. The van der Waals surface area contributed by atoms with E-state index in [0.717, 1.165) is 51.3 Å². The standard InChI is InChI=1S/C22H28F3NO/c23-22(24,25)17-9-10-18(19(14-17)15-7-8-15)21(27)13-16-5-1-2-6-20(16)26-11-3-4-12-26/h9-10,14-16,20H,1-8,11-13H2/t16-,20-/m0/s1. The van der Waals surface area contributed by atoms with Crippen LogP contribution in [0.15, 0.2) is 18.2 Å². The average Bonchev–Trinajstić information content (AvgIpc) is 3.35. The van der Waals surface area contributed by atoms with Gasteiger partial charge in [-0.1, -0.05) is 18.9 Å². The van der Waals surface area contributed by atoms with Gasteiger partial charge in [0.1, 0.15) is 0 Å². The van der Waals surface area contributed by atoms with Crippen molar-refractivity contribution in [3.8, 4) is 0 Å². The van der Waals surface area contributed by atoms with Crippen molar-refractivity contribution < 1.29 is 18.0 Å². The predicted molar refractivity (Wildman–Crippen MR) is 98.9 cm³/mol. The summed E-state index contributed by atoms with van der Waals surface area (Å²) in [5.74, 6) is 0.521. The number of benzene rings is 1. The van der Waals surface area contributed by atoms with Crippen LogP contribution in [0.3, 0.4) is 0 Å². The molecule has 1 saturated heterocycles. The summed E-state index contributed by atoms with van der Waals surface area (Å²) in [4.78, 5) is 15.6. The topological polar surface area (TPSA) is 20.3 Å². The van der Waals surface area contributed by atoms with Crippen molar-refractivity contribution in [3.63, 3.8) is 0 Å². The Kier molecular flexibility index (Phi) is 5.32. The molecule has 0 amide bonds. The first-order valence-corrected chi connectivity index (χ1v) is 10.4. The Hall–Kier alpha value is -1.36.